The summed E-state index contributed by atoms with van der Waals surface area (Å²) in [6.45, 7) is 13.3. The summed E-state index contributed by atoms with van der Waals surface area (Å²) in [7, 11) is 9.99. The summed E-state index contributed by atoms with van der Waals surface area (Å²) in [4.78, 5) is 0. The molecule has 2 aliphatic heterocycles. The van der Waals surface area contributed by atoms with Crippen LogP contribution in [-0.2, 0) is 18.6 Å². The lowest BCUT2D eigenvalue weighted by molar-refractivity contribution is -0.0797. The monoisotopic (exact) mass is 366 g/mol. The maximum Gasteiger partial charge on any atom is 0.192 e. The first-order valence-corrected chi connectivity index (χ1v) is 12.2. The number of ether oxygens (including phenoxy) is 3. The Labute approximate surface area is 156 Å². The lowest BCUT2D eigenvalue weighted by Crippen LogP contribution is -2.47. The molecule has 5 nitrogen and oxygen atoms in total. The normalized spacial score (nSPS) is 39.9. The zero-order chi connectivity index (χ0) is 19.0. The minimum Gasteiger partial charge on any atom is -0.411 e. The minimum atomic E-state index is -1.94. The zero-order valence-corrected chi connectivity index (χ0v) is 17.4. The lowest BCUT2D eigenvalue weighted by Gasteiger charge is -2.39. The lowest BCUT2D eigenvalue weighted by atomic mass is 9.92. The second kappa shape index (κ2) is 8.03. The molecule has 4 radical (unpaired) electrons. The van der Waals surface area contributed by atoms with Crippen molar-refractivity contribution in [2.45, 2.75) is 101 Å². The SMILES string of the molecule is [B][C@@H]1O[C@H](CC)[C@H](O)C1OC[C@H]1O[C@@H]([B])C[C@H]1O[Si](C)(C)C(C)(C)C. The second-order valence-electron chi connectivity index (χ2n) is 8.70. The van der Waals surface area contributed by atoms with E-state index < -0.39 is 26.5 Å². The quantitative estimate of drug-likeness (QED) is 0.726. The largest absolute Gasteiger partial charge is 0.411 e. The predicted molar refractivity (Wildman–Crippen MR) is 102 cm³/mol. The van der Waals surface area contributed by atoms with E-state index in [0.717, 1.165) is 0 Å². The first kappa shape index (κ1) is 21.4. The highest BCUT2D eigenvalue weighted by molar-refractivity contribution is 6.74. The van der Waals surface area contributed by atoms with E-state index in [1.807, 2.05) is 6.92 Å². The first-order valence-electron chi connectivity index (χ1n) is 9.26. The molecule has 0 aromatic heterocycles. The highest BCUT2D eigenvalue weighted by atomic mass is 28.4. The van der Waals surface area contributed by atoms with Gasteiger partial charge in [-0.1, -0.05) is 27.7 Å². The van der Waals surface area contributed by atoms with Gasteiger partial charge < -0.3 is 23.7 Å². The highest BCUT2D eigenvalue weighted by Crippen LogP contribution is 2.39. The molecule has 0 aromatic rings. The minimum absolute atomic E-state index is 0.103. The van der Waals surface area contributed by atoms with Crippen molar-refractivity contribution in [1.82, 2.24) is 0 Å². The standard InChI is InChI=1S/C17H32B2O5Si/c1-7-10-14(20)15(16(19)23-10)21-9-12-11(8-13(18)22-12)24-25(5,6)17(2,3)4/h10-16,20H,7-9H2,1-6H3/t10-,11-,12-,13-,14+,15?,16-/m1/s1. The number of aliphatic hydroxyl groups excluding tert-OH is 1. The van der Waals surface area contributed by atoms with E-state index in [2.05, 4.69) is 33.9 Å². The van der Waals surface area contributed by atoms with Gasteiger partial charge in [-0.2, -0.15) is 0 Å². The molecule has 1 unspecified atom stereocenters. The van der Waals surface area contributed by atoms with E-state index >= 15 is 0 Å². The Balaban J connectivity index is 1.96. The van der Waals surface area contributed by atoms with Crippen molar-refractivity contribution in [2.24, 2.45) is 0 Å². The van der Waals surface area contributed by atoms with Crippen molar-refractivity contribution in [3.8, 4) is 0 Å². The van der Waals surface area contributed by atoms with E-state index in [4.69, 9.17) is 34.3 Å². The van der Waals surface area contributed by atoms with Crippen LogP contribution in [0, 0.1) is 0 Å². The highest BCUT2D eigenvalue weighted by Gasteiger charge is 2.45. The van der Waals surface area contributed by atoms with Gasteiger partial charge in [0.05, 0.1) is 18.8 Å². The summed E-state index contributed by atoms with van der Waals surface area (Å²) in [5.74, 6) is 0. The van der Waals surface area contributed by atoms with E-state index in [-0.39, 0.29) is 36.0 Å². The van der Waals surface area contributed by atoms with E-state index in [9.17, 15) is 5.11 Å². The fourth-order valence-electron chi connectivity index (χ4n) is 3.08. The van der Waals surface area contributed by atoms with Crippen LogP contribution >= 0.6 is 0 Å². The van der Waals surface area contributed by atoms with Gasteiger partial charge in [0, 0.05) is 12.0 Å². The smallest absolute Gasteiger partial charge is 0.192 e. The van der Waals surface area contributed by atoms with Crippen LogP contribution in [0.1, 0.15) is 40.5 Å². The molecule has 0 bridgehead atoms. The molecule has 0 aliphatic carbocycles. The van der Waals surface area contributed by atoms with Gasteiger partial charge in [-0.15, -0.1) is 0 Å². The molecule has 0 spiro atoms. The maximum absolute atomic E-state index is 10.3. The molecule has 2 saturated heterocycles. The molecule has 2 heterocycles. The van der Waals surface area contributed by atoms with Crippen LogP contribution in [0.4, 0.5) is 0 Å². The molecule has 8 heteroatoms. The average Bonchev–Trinajstić information content (AvgIpc) is 2.95. The van der Waals surface area contributed by atoms with Crippen molar-refractivity contribution < 1.29 is 23.7 Å². The molecular formula is C17H32B2O5Si. The molecule has 0 aromatic carbocycles. The molecule has 2 aliphatic rings. The summed E-state index contributed by atoms with van der Waals surface area (Å²) in [5.41, 5.74) is 0. The molecule has 25 heavy (non-hydrogen) atoms. The fraction of sp³-hybridized carbons (Fsp3) is 1.00. The zero-order valence-electron chi connectivity index (χ0n) is 16.4. The van der Waals surface area contributed by atoms with Crippen molar-refractivity contribution in [3.05, 3.63) is 0 Å². The number of hydrogen-bond donors (Lipinski definition) is 1. The summed E-state index contributed by atoms with van der Waals surface area (Å²) >= 11 is 0. The van der Waals surface area contributed by atoms with Gasteiger partial charge >= 0.3 is 0 Å². The van der Waals surface area contributed by atoms with Gasteiger partial charge in [0.15, 0.2) is 8.32 Å². The van der Waals surface area contributed by atoms with Crippen LogP contribution in [0.25, 0.3) is 0 Å². The molecular weight excluding hydrogens is 334 g/mol. The van der Waals surface area contributed by atoms with Crippen LogP contribution in [0.5, 0.6) is 0 Å². The Morgan fingerprint density at radius 3 is 2.32 bits per heavy atom. The van der Waals surface area contributed by atoms with E-state index in [1.165, 1.54) is 0 Å². The van der Waals surface area contributed by atoms with Crippen molar-refractivity contribution in [1.29, 1.82) is 0 Å². The number of aliphatic hydroxyl groups is 1. The fourth-order valence-corrected chi connectivity index (χ4v) is 4.44. The third kappa shape index (κ3) is 4.90. The average molecular weight is 366 g/mol. The summed E-state index contributed by atoms with van der Waals surface area (Å²) in [6, 6.07) is -0.986. The number of hydrogen-bond acceptors (Lipinski definition) is 5. The van der Waals surface area contributed by atoms with Crippen molar-refractivity contribution in [2.75, 3.05) is 6.61 Å². The van der Waals surface area contributed by atoms with Crippen LogP contribution in [0.2, 0.25) is 18.1 Å². The molecule has 1 N–H and O–H groups in total. The third-order valence-corrected chi connectivity index (χ3v) is 10.2. The summed E-state index contributed by atoms with van der Waals surface area (Å²) in [6.07, 6.45) is -0.595. The van der Waals surface area contributed by atoms with E-state index in [1.54, 1.807) is 0 Å². The van der Waals surface area contributed by atoms with Crippen LogP contribution in [0.3, 0.4) is 0 Å². The van der Waals surface area contributed by atoms with Gasteiger partial charge in [0.25, 0.3) is 0 Å². The van der Waals surface area contributed by atoms with E-state index in [0.29, 0.717) is 12.8 Å². The maximum atomic E-state index is 10.3. The summed E-state index contributed by atoms with van der Waals surface area (Å²) < 4.78 is 23.7. The topological polar surface area (TPSA) is 57.2 Å². The predicted octanol–water partition coefficient (Wildman–Crippen LogP) is 1.71. The molecule has 7 atom stereocenters. The molecule has 2 fully saturated rings. The third-order valence-electron chi connectivity index (χ3n) is 5.71. The molecule has 2 rings (SSSR count). The Morgan fingerprint density at radius 1 is 1.16 bits per heavy atom. The Kier molecular flexibility index (Phi) is 6.89. The second-order valence-corrected chi connectivity index (χ2v) is 13.5. The molecule has 140 valence electrons. The van der Waals surface area contributed by atoms with Gasteiger partial charge in [-0.25, -0.2) is 0 Å². The van der Waals surface area contributed by atoms with Crippen molar-refractivity contribution in [3.63, 3.8) is 0 Å². The van der Waals surface area contributed by atoms with Gasteiger partial charge in [-0.3, -0.25) is 0 Å². The Bertz CT molecular complexity index is 445. The summed E-state index contributed by atoms with van der Waals surface area (Å²) in [5, 5.41) is 10.4. The van der Waals surface area contributed by atoms with Crippen LogP contribution in [0.15, 0.2) is 0 Å². The molecule has 0 amide bonds. The number of rotatable bonds is 6. The molecule has 0 saturated carbocycles. The van der Waals surface area contributed by atoms with Gasteiger partial charge in [0.2, 0.25) is 0 Å². The van der Waals surface area contributed by atoms with Gasteiger partial charge in [0.1, 0.15) is 34.0 Å². The van der Waals surface area contributed by atoms with Gasteiger partial charge in [-0.05, 0) is 31.0 Å². The Hall–Kier alpha value is 0.147. The van der Waals surface area contributed by atoms with Crippen LogP contribution in [-0.4, -0.2) is 78.2 Å². The Morgan fingerprint density at radius 2 is 1.80 bits per heavy atom. The van der Waals surface area contributed by atoms with Crippen LogP contribution < -0.4 is 0 Å². The first-order chi connectivity index (χ1) is 11.5. The van der Waals surface area contributed by atoms with Crippen molar-refractivity contribution >= 4 is 24.0 Å².